The lowest BCUT2D eigenvalue weighted by molar-refractivity contribution is 0.107. The molecule has 0 saturated carbocycles. The van der Waals surface area contributed by atoms with Crippen molar-refractivity contribution in [1.82, 2.24) is 5.32 Å². The van der Waals surface area contributed by atoms with Crippen LogP contribution in [0.25, 0.3) is 0 Å². The summed E-state index contributed by atoms with van der Waals surface area (Å²) in [5, 5.41) is 4.10. The predicted octanol–water partition coefficient (Wildman–Crippen LogP) is 2.12. The van der Waals surface area contributed by atoms with Crippen LogP contribution < -0.4 is 15.8 Å². The maximum absolute atomic E-state index is 6.27. The van der Waals surface area contributed by atoms with Gasteiger partial charge < -0.3 is 20.5 Å². The quantitative estimate of drug-likeness (QED) is 0.840. The summed E-state index contributed by atoms with van der Waals surface area (Å²) < 4.78 is 11.0. The molecule has 1 aromatic carbocycles. The van der Waals surface area contributed by atoms with Gasteiger partial charge in [0, 0.05) is 36.3 Å². The first-order valence-electron chi connectivity index (χ1n) is 6.63. The highest BCUT2D eigenvalue weighted by atomic mass is 35.5. The van der Waals surface area contributed by atoms with E-state index in [1.807, 2.05) is 18.2 Å². The van der Waals surface area contributed by atoms with E-state index in [1.165, 1.54) is 0 Å². The van der Waals surface area contributed by atoms with E-state index in [0.717, 1.165) is 37.3 Å². The highest BCUT2D eigenvalue weighted by Gasteiger charge is 2.21. The summed E-state index contributed by atoms with van der Waals surface area (Å²) in [6.45, 7) is 2.11. The summed E-state index contributed by atoms with van der Waals surface area (Å²) in [6, 6.07) is 5.61. The third kappa shape index (κ3) is 3.60. The molecule has 0 amide bonds. The second-order valence-electron chi connectivity index (χ2n) is 4.69. The van der Waals surface area contributed by atoms with Gasteiger partial charge in [0.1, 0.15) is 5.75 Å². The average Bonchev–Trinajstić information content (AvgIpc) is 2.94. The van der Waals surface area contributed by atoms with Crippen LogP contribution in [0.15, 0.2) is 18.2 Å². The zero-order chi connectivity index (χ0) is 13.7. The van der Waals surface area contributed by atoms with Gasteiger partial charge in [-0.15, -0.1) is 0 Å². The van der Waals surface area contributed by atoms with Crippen LogP contribution in [0.1, 0.15) is 24.4 Å². The molecule has 0 bridgehead atoms. The molecule has 106 valence electrons. The Labute approximate surface area is 119 Å². The van der Waals surface area contributed by atoms with Gasteiger partial charge in [-0.05, 0) is 25.0 Å². The lowest BCUT2D eigenvalue weighted by Gasteiger charge is -2.22. The number of nitrogens with one attached hydrogen (secondary N) is 1. The van der Waals surface area contributed by atoms with Gasteiger partial charge >= 0.3 is 0 Å². The van der Waals surface area contributed by atoms with E-state index in [4.69, 9.17) is 26.8 Å². The fourth-order valence-corrected chi connectivity index (χ4v) is 2.71. The number of benzene rings is 1. The Hall–Kier alpha value is -0.810. The van der Waals surface area contributed by atoms with Crippen molar-refractivity contribution in [3.8, 4) is 5.75 Å². The number of ether oxygens (including phenoxy) is 2. The van der Waals surface area contributed by atoms with Gasteiger partial charge in [0.25, 0.3) is 0 Å². The van der Waals surface area contributed by atoms with Crippen LogP contribution in [0.5, 0.6) is 5.75 Å². The molecule has 2 unspecified atom stereocenters. The number of methoxy groups -OCH3 is 1. The third-order valence-corrected chi connectivity index (χ3v) is 3.76. The summed E-state index contributed by atoms with van der Waals surface area (Å²) in [6.07, 6.45) is 2.52. The SMILES string of the molecule is COc1cccc(Cl)c1C(CN)NCC1CCCO1. The molecular formula is C14H21ClN2O2. The van der Waals surface area contributed by atoms with Gasteiger partial charge in [-0.1, -0.05) is 17.7 Å². The van der Waals surface area contributed by atoms with Gasteiger partial charge in [-0.3, -0.25) is 0 Å². The van der Waals surface area contributed by atoms with Crippen molar-refractivity contribution in [1.29, 1.82) is 0 Å². The molecule has 1 saturated heterocycles. The van der Waals surface area contributed by atoms with E-state index < -0.39 is 0 Å². The van der Waals surface area contributed by atoms with Crippen LogP contribution in [0.2, 0.25) is 5.02 Å². The number of hydrogen-bond donors (Lipinski definition) is 2. The predicted molar refractivity (Wildman–Crippen MR) is 76.8 cm³/mol. The zero-order valence-electron chi connectivity index (χ0n) is 11.2. The highest BCUT2D eigenvalue weighted by molar-refractivity contribution is 6.31. The minimum Gasteiger partial charge on any atom is -0.496 e. The van der Waals surface area contributed by atoms with Gasteiger partial charge in [-0.2, -0.15) is 0 Å². The zero-order valence-corrected chi connectivity index (χ0v) is 12.0. The van der Waals surface area contributed by atoms with Crippen molar-refractivity contribution in [2.24, 2.45) is 5.73 Å². The Morgan fingerprint density at radius 3 is 3.05 bits per heavy atom. The largest absolute Gasteiger partial charge is 0.496 e. The Bertz CT molecular complexity index is 408. The van der Waals surface area contributed by atoms with Crippen molar-refractivity contribution in [3.05, 3.63) is 28.8 Å². The highest BCUT2D eigenvalue weighted by Crippen LogP contribution is 2.31. The van der Waals surface area contributed by atoms with Crippen molar-refractivity contribution in [2.75, 3.05) is 26.8 Å². The van der Waals surface area contributed by atoms with Crippen LogP contribution in [0.3, 0.4) is 0 Å². The van der Waals surface area contributed by atoms with E-state index in [1.54, 1.807) is 7.11 Å². The summed E-state index contributed by atoms with van der Waals surface area (Å²) in [5.74, 6) is 0.766. The molecule has 1 fully saturated rings. The van der Waals surface area contributed by atoms with Gasteiger partial charge in [0.15, 0.2) is 0 Å². The average molecular weight is 285 g/mol. The molecule has 3 N–H and O–H groups in total. The van der Waals surface area contributed by atoms with Gasteiger partial charge in [0.2, 0.25) is 0 Å². The molecule has 4 nitrogen and oxygen atoms in total. The molecule has 0 aromatic heterocycles. The van der Waals surface area contributed by atoms with E-state index >= 15 is 0 Å². The first-order valence-corrected chi connectivity index (χ1v) is 7.01. The van der Waals surface area contributed by atoms with Crippen molar-refractivity contribution < 1.29 is 9.47 Å². The van der Waals surface area contributed by atoms with Crippen molar-refractivity contribution >= 4 is 11.6 Å². The Balaban J connectivity index is 2.07. The molecule has 1 aliphatic heterocycles. The van der Waals surface area contributed by atoms with Gasteiger partial charge in [0.05, 0.1) is 13.2 Å². The number of hydrogen-bond acceptors (Lipinski definition) is 4. The van der Waals surface area contributed by atoms with Crippen LogP contribution >= 0.6 is 11.6 Å². The smallest absolute Gasteiger partial charge is 0.125 e. The molecule has 0 radical (unpaired) electrons. The standard InChI is InChI=1S/C14H21ClN2O2/c1-18-13-6-2-5-11(15)14(13)12(8-16)17-9-10-4-3-7-19-10/h2,5-6,10,12,17H,3-4,7-9,16H2,1H3. The maximum atomic E-state index is 6.27. The van der Waals surface area contributed by atoms with Crippen LogP contribution in [0.4, 0.5) is 0 Å². The second-order valence-corrected chi connectivity index (χ2v) is 5.09. The second kappa shape index (κ2) is 7.10. The lowest BCUT2D eigenvalue weighted by Crippen LogP contribution is -2.34. The summed E-state index contributed by atoms with van der Waals surface area (Å²) in [5.41, 5.74) is 6.79. The fraction of sp³-hybridized carbons (Fsp3) is 0.571. The topological polar surface area (TPSA) is 56.5 Å². The minimum atomic E-state index is -0.0205. The maximum Gasteiger partial charge on any atom is 0.125 e. The lowest BCUT2D eigenvalue weighted by atomic mass is 10.0. The summed E-state index contributed by atoms with van der Waals surface area (Å²) in [4.78, 5) is 0. The molecule has 2 atom stereocenters. The Morgan fingerprint density at radius 1 is 1.58 bits per heavy atom. The molecule has 1 aromatic rings. The third-order valence-electron chi connectivity index (χ3n) is 3.43. The molecule has 19 heavy (non-hydrogen) atoms. The van der Waals surface area contributed by atoms with Crippen LogP contribution in [0, 0.1) is 0 Å². The number of halogens is 1. The molecule has 5 heteroatoms. The molecular weight excluding hydrogens is 264 g/mol. The normalized spacial score (nSPS) is 20.5. The first-order chi connectivity index (χ1) is 9.26. The molecule has 0 spiro atoms. The van der Waals surface area contributed by atoms with Crippen molar-refractivity contribution in [3.63, 3.8) is 0 Å². The van der Waals surface area contributed by atoms with Crippen molar-refractivity contribution in [2.45, 2.75) is 25.0 Å². The molecule has 2 rings (SSSR count). The Morgan fingerprint density at radius 2 is 2.42 bits per heavy atom. The van der Waals surface area contributed by atoms with E-state index in [-0.39, 0.29) is 12.1 Å². The van der Waals surface area contributed by atoms with Gasteiger partial charge in [-0.25, -0.2) is 0 Å². The Kier molecular flexibility index (Phi) is 5.45. The minimum absolute atomic E-state index is 0.0205. The fourth-order valence-electron chi connectivity index (χ4n) is 2.42. The van der Waals surface area contributed by atoms with Crippen LogP contribution in [-0.2, 0) is 4.74 Å². The molecule has 1 aliphatic rings. The van der Waals surface area contributed by atoms with Crippen LogP contribution in [-0.4, -0.2) is 32.9 Å². The monoisotopic (exact) mass is 284 g/mol. The molecule has 1 heterocycles. The molecule has 0 aliphatic carbocycles. The first kappa shape index (κ1) is 14.6. The van der Waals surface area contributed by atoms with E-state index in [9.17, 15) is 0 Å². The number of rotatable bonds is 6. The van der Waals surface area contributed by atoms with E-state index in [2.05, 4.69) is 5.32 Å². The number of nitrogens with two attached hydrogens (primary N) is 1. The summed E-state index contributed by atoms with van der Waals surface area (Å²) >= 11 is 6.27. The summed E-state index contributed by atoms with van der Waals surface area (Å²) in [7, 11) is 1.64. The van der Waals surface area contributed by atoms with E-state index in [0.29, 0.717) is 11.6 Å².